The van der Waals surface area contributed by atoms with Gasteiger partial charge in [0.15, 0.2) is 5.75 Å². The summed E-state index contributed by atoms with van der Waals surface area (Å²) in [6.45, 7) is 13.2. The van der Waals surface area contributed by atoms with Gasteiger partial charge in [0.1, 0.15) is 5.75 Å². The lowest BCUT2D eigenvalue weighted by Crippen LogP contribution is -2.19. The monoisotopic (exact) mass is 357 g/mol. The van der Waals surface area contributed by atoms with Gasteiger partial charge in [-0.25, -0.2) is 0 Å². The molecule has 0 aliphatic carbocycles. The van der Waals surface area contributed by atoms with E-state index in [1.54, 1.807) is 12.3 Å². The molecule has 0 aliphatic rings. The zero-order chi connectivity index (χ0) is 19.7. The van der Waals surface area contributed by atoms with E-state index < -0.39 is 0 Å². The minimum absolute atomic E-state index is 0.151. The molecule has 1 aromatic heterocycles. The largest absolute Gasteiger partial charge is 0.507 e. The molecular formula is C22H31NO3. The van der Waals surface area contributed by atoms with Crippen molar-refractivity contribution in [1.82, 2.24) is 4.57 Å². The van der Waals surface area contributed by atoms with E-state index in [2.05, 4.69) is 53.7 Å². The molecule has 0 atom stereocenters. The molecule has 0 aliphatic heterocycles. The first-order chi connectivity index (χ1) is 11.9. The van der Waals surface area contributed by atoms with Crippen LogP contribution in [0.3, 0.4) is 0 Å². The molecule has 0 saturated heterocycles. The van der Waals surface area contributed by atoms with Crippen LogP contribution in [0.5, 0.6) is 11.5 Å². The summed E-state index contributed by atoms with van der Waals surface area (Å²) >= 11 is 0. The lowest BCUT2D eigenvalue weighted by Gasteiger charge is -2.28. The fraction of sp³-hybridized carbons (Fsp3) is 0.500. The zero-order valence-electron chi connectivity index (χ0n) is 16.8. The highest BCUT2D eigenvalue weighted by Gasteiger charge is 2.26. The molecular weight excluding hydrogens is 326 g/mol. The Hall–Kier alpha value is -2.23. The maximum Gasteiger partial charge on any atom is 0.292 e. The SMILES string of the molecule is CC(C)(C)c1cc(CCCn2cccc(O)c2=O)cc(C(C)(C)C)c1O. The average molecular weight is 357 g/mol. The van der Waals surface area contributed by atoms with Crippen molar-refractivity contribution in [3.63, 3.8) is 0 Å². The smallest absolute Gasteiger partial charge is 0.292 e. The van der Waals surface area contributed by atoms with Gasteiger partial charge in [0.2, 0.25) is 0 Å². The highest BCUT2D eigenvalue weighted by Crippen LogP contribution is 2.39. The van der Waals surface area contributed by atoms with Crippen molar-refractivity contribution in [3.05, 3.63) is 57.5 Å². The van der Waals surface area contributed by atoms with Crippen LogP contribution in [-0.2, 0) is 23.8 Å². The van der Waals surface area contributed by atoms with Crippen LogP contribution in [0.2, 0.25) is 0 Å². The summed E-state index contributed by atoms with van der Waals surface area (Å²) in [4.78, 5) is 11.9. The third-order valence-electron chi connectivity index (χ3n) is 4.65. The Morgan fingerprint density at radius 3 is 2.00 bits per heavy atom. The molecule has 1 heterocycles. The van der Waals surface area contributed by atoms with E-state index in [1.165, 1.54) is 10.6 Å². The van der Waals surface area contributed by atoms with E-state index in [0.29, 0.717) is 12.3 Å². The van der Waals surface area contributed by atoms with Crippen molar-refractivity contribution in [2.45, 2.75) is 71.8 Å². The molecule has 0 unspecified atom stereocenters. The summed E-state index contributed by atoms with van der Waals surface area (Å²) in [7, 11) is 0. The second-order valence-corrected chi connectivity index (χ2v) is 9.04. The molecule has 26 heavy (non-hydrogen) atoms. The first kappa shape index (κ1) is 20.1. The molecule has 2 N–H and O–H groups in total. The van der Waals surface area contributed by atoms with Crippen LogP contribution in [0.4, 0.5) is 0 Å². The number of hydrogen-bond acceptors (Lipinski definition) is 3. The van der Waals surface area contributed by atoms with E-state index in [1.807, 2.05) is 0 Å². The van der Waals surface area contributed by atoms with Gasteiger partial charge in [-0.1, -0.05) is 53.7 Å². The third-order valence-corrected chi connectivity index (χ3v) is 4.65. The Bertz CT molecular complexity index is 801. The van der Waals surface area contributed by atoms with Gasteiger partial charge in [-0.15, -0.1) is 0 Å². The number of nitrogens with zero attached hydrogens (tertiary/aromatic N) is 1. The number of aromatic hydroxyl groups is 2. The van der Waals surface area contributed by atoms with Crippen LogP contribution < -0.4 is 5.56 Å². The van der Waals surface area contributed by atoms with Crippen LogP contribution in [0.15, 0.2) is 35.3 Å². The number of hydrogen-bond donors (Lipinski definition) is 2. The van der Waals surface area contributed by atoms with Gasteiger partial charge < -0.3 is 14.8 Å². The van der Waals surface area contributed by atoms with E-state index in [9.17, 15) is 15.0 Å². The van der Waals surface area contributed by atoms with Crippen LogP contribution in [0.1, 0.15) is 64.7 Å². The van der Waals surface area contributed by atoms with Crippen molar-refractivity contribution in [3.8, 4) is 11.5 Å². The van der Waals surface area contributed by atoms with Crippen molar-refractivity contribution < 1.29 is 10.2 Å². The van der Waals surface area contributed by atoms with E-state index in [-0.39, 0.29) is 22.1 Å². The van der Waals surface area contributed by atoms with Gasteiger partial charge in [0.05, 0.1) is 0 Å². The van der Waals surface area contributed by atoms with Crippen LogP contribution >= 0.6 is 0 Å². The third kappa shape index (κ3) is 4.48. The zero-order valence-corrected chi connectivity index (χ0v) is 16.8. The Kier molecular flexibility index (Phi) is 5.55. The number of aromatic nitrogens is 1. The van der Waals surface area contributed by atoms with E-state index >= 15 is 0 Å². The fourth-order valence-corrected chi connectivity index (χ4v) is 3.14. The van der Waals surface area contributed by atoms with Gasteiger partial charge in [0, 0.05) is 12.7 Å². The summed E-state index contributed by atoms with van der Waals surface area (Å²) in [6, 6.07) is 7.24. The van der Waals surface area contributed by atoms with Crippen molar-refractivity contribution in [1.29, 1.82) is 0 Å². The van der Waals surface area contributed by atoms with Gasteiger partial charge in [-0.05, 0) is 52.5 Å². The minimum atomic E-state index is -0.357. The van der Waals surface area contributed by atoms with Crippen molar-refractivity contribution >= 4 is 0 Å². The standard InChI is InChI=1S/C22H31NO3/c1-21(2,3)16-13-15(14-17(19(16)25)22(4,5)6)9-7-11-23-12-8-10-18(24)20(23)26/h8,10,12-14,24-25H,7,9,11H2,1-6H3. The van der Waals surface area contributed by atoms with Gasteiger partial charge >= 0.3 is 0 Å². The molecule has 0 spiro atoms. The van der Waals surface area contributed by atoms with Crippen molar-refractivity contribution in [2.24, 2.45) is 0 Å². The number of aryl methyl sites for hydroxylation is 2. The number of pyridine rings is 1. The predicted octanol–water partition coefficient (Wildman–Crippen LogP) is 4.49. The summed E-state index contributed by atoms with van der Waals surface area (Å²) < 4.78 is 1.53. The molecule has 2 aromatic rings. The topological polar surface area (TPSA) is 62.5 Å². The van der Waals surface area contributed by atoms with Gasteiger partial charge in [0.25, 0.3) is 5.56 Å². The Morgan fingerprint density at radius 1 is 0.962 bits per heavy atom. The molecule has 2 rings (SSSR count). The molecule has 0 bridgehead atoms. The normalized spacial score (nSPS) is 12.4. The summed E-state index contributed by atoms with van der Waals surface area (Å²) in [5.41, 5.74) is 2.41. The molecule has 4 heteroatoms. The number of phenols is 1. The molecule has 0 fully saturated rings. The van der Waals surface area contributed by atoms with Crippen LogP contribution in [0.25, 0.3) is 0 Å². The quantitative estimate of drug-likeness (QED) is 0.847. The summed E-state index contributed by atoms with van der Waals surface area (Å²) in [6.07, 6.45) is 3.27. The van der Waals surface area contributed by atoms with Gasteiger partial charge in [-0.2, -0.15) is 0 Å². The lowest BCUT2D eigenvalue weighted by molar-refractivity contribution is 0.422. The maximum atomic E-state index is 11.9. The highest BCUT2D eigenvalue weighted by molar-refractivity contribution is 5.49. The average Bonchev–Trinajstić information content (AvgIpc) is 2.50. The lowest BCUT2D eigenvalue weighted by atomic mass is 9.78. The molecule has 0 amide bonds. The summed E-state index contributed by atoms with van der Waals surface area (Å²) in [5.74, 6) is 0.167. The Morgan fingerprint density at radius 2 is 1.50 bits per heavy atom. The summed E-state index contributed by atoms with van der Waals surface area (Å²) in [5, 5.41) is 20.3. The van der Waals surface area contributed by atoms with E-state index in [0.717, 1.165) is 29.5 Å². The van der Waals surface area contributed by atoms with Crippen molar-refractivity contribution in [2.75, 3.05) is 0 Å². The first-order valence-corrected chi connectivity index (χ1v) is 9.16. The van der Waals surface area contributed by atoms with Gasteiger partial charge in [-0.3, -0.25) is 4.79 Å². The Labute approximate surface area is 156 Å². The second-order valence-electron chi connectivity index (χ2n) is 9.04. The predicted molar refractivity (Wildman–Crippen MR) is 106 cm³/mol. The number of rotatable bonds is 4. The Balaban J connectivity index is 2.29. The molecule has 0 saturated carbocycles. The molecule has 142 valence electrons. The molecule has 1 aromatic carbocycles. The van der Waals surface area contributed by atoms with Crippen LogP contribution in [0, 0.1) is 0 Å². The number of benzene rings is 1. The first-order valence-electron chi connectivity index (χ1n) is 9.16. The fourth-order valence-electron chi connectivity index (χ4n) is 3.14. The second kappa shape index (κ2) is 7.18. The minimum Gasteiger partial charge on any atom is -0.507 e. The maximum absolute atomic E-state index is 11.9. The highest BCUT2D eigenvalue weighted by atomic mass is 16.3. The van der Waals surface area contributed by atoms with Crippen LogP contribution in [-0.4, -0.2) is 14.8 Å². The molecule has 4 nitrogen and oxygen atoms in total. The number of phenolic OH excluding ortho intramolecular Hbond substituents is 1. The van der Waals surface area contributed by atoms with E-state index in [4.69, 9.17) is 0 Å². The molecule has 0 radical (unpaired) electrons.